The molecule has 1 unspecified atom stereocenters. The average Bonchev–Trinajstić information content (AvgIpc) is 2.52. The van der Waals surface area contributed by atoms with E-state index in [0.29, 0.717) is 6.42 Å². The van der Waals surface area contributed by atoms with Gasteiger partial charge in [0.1, 0.15) is 5.69 Å². The zero-order chi connectivity index (χ0) is 14.8. The molecule has 1 N–H and O–H groups in total. The predicted octanol–water partition coefficient (Wildman–Crippen LogP) is 2.64. The molecular formula is C10H15F3N4O2. The second-order valence-corrected chi connectivity index (χ2v) is 4.24. The smallest absolute Gasteiger partial charge is 0.362 e. The van der Waals surface area contributed by atoms with Crippen LogP contribution in [0.1, 0.15) is 26.0 Å². The van der Waals surface area contributed by atoms with Crippen molar-refractivity contribution in [2.24, 2.45) is 7.05 Å². The van der Waals surface area contributed by atoms with Crippen LogP contribution in [0.4, 0.5) is 24.7 Å². The van der Waals surface area contributed by atoms with Crippen LogP contribution in [0.15, 0.2) is 0 Å². The summed E-state index contributed by atoms with van der Waals surface area (Å²) < 4.78 is 37.9. The molecule has 1 atom stereocenters. The van der Waals surface area contributed by atoms with Crippen molar-refractivity contribution in [2.75, 3.05) is 5.32 Å². The molecule has 6 nitrogen and oxygen atoms in total. The number of alkyl halides is 3. The largest absolute Gasteiger partial charge is 0.391 e. The molecule has 0 saturated heterocycles. The molecule has 0 aliphatic heterocycles. The summed E-state index contributed by atoms with van der Waals surface area (Å²) in [7, 11) is 1.45. The van der Waals surface area contributed by atoms with E-state index >= 15 is 0 Å². The van der Waals surface area contributed by atoms with Crippen LogP contribution >= 0.6 is 0 Å². The number of nitro groups is 1. The second-order valence-electron chi connectivity index (χ2n) is 4.24. The highest BCUT2D eigenvalue weighted by Crippen LogP contribution is 2.30. The molecule has 9 heteroatoms. The van der Waals surface area contributed by atoms with E-state index in [0.717, 1.165) is 0 Å². The highest BCUT2D eigenvalue weighted by molar-refractivity contribution is 5.60. The van der Waals surface area contributed by atoms with Crippen LogP contribution < -0.4 is 5.32 Å². The van der Waals surface area contributed by atoms with Gasteiger partial charge in [-0.15, -0.1) is 0 Å². The Hall–Kier alpha value is -1.80. The van der Waals surface area contributed by atoms with Crippen LogP contribution in [0.25, 0.3) is 0 Å². The molecule has 1 aromatic rings. The minimum Gasteiger partial charge on any atom is -0.362 e. The van der Waals surface area contributed by atoms with Crippen molar-refractivity contribution in [3.05, 3.63) is 15.8 Å². The van der Waals surface area contributed by atoms with Gasteiger partial charge < -0.3 is 5.32 Å². The summed E-state index contributed by atoms with van der Waals surface area (Å²) in [4.78, 5) is 10.3. The molecule has 0 aromatic carbocycles. The molecule has 0 amide bonds. The summed E-state index contributed by atoms with van der Waals surface area (Å²) in [5, 5.41) is 17.4. The summed E-state index contributed by atoms with van der Waals surface area (Å²) >= 11 is 0. The summed E-state index contributed by atoms with van der Waals surface area (Å²) in [6.07, 6.45) is -5.07. The van der Waals surface area contributed by atoms with Gasteiger partial charge in [0.25, 0.3) is 0 Å². The van der Waals surface area contributed by atoms with Crippen molar-refractivity contribution in [3.63, 3.8) is 0 Å². The molecule has 1 aromatic heterocycles. The van der Waals surface area contributed by atoms with Gasteiger partial charge >= 0.3 is 11.9 Å². The molecule has 0 spiro atoms. The van der Waals surface area contributed by atoms with E-state index in [1.807, 2.05) is 0 Å². The molecule has 0 fully saturated rings. The number of hydrogen-bond acceptors (Lipinski definition) is 4. The van der Waals surface area contributed by atoms with Crippen LogP contribution in [0.5, 0.6) is 0 Å². The van der Waals surface area contributed by atoms with E-state index in [-0.39, 0.29) is 17.2 Å². The van der Waals surface area contributed by atoms with E-state index in [1.54, 1.807) is 6.92 Å². The van der Waals surface area contributed by atoms with Gasteiger partial charge in [0.05, 0.1) is 11.3 Å². The van der Waals surface area contributed by atoms with Crippen LogP contribution in [0.3, 0.4) is 0 Å². The Morgan fingerprint density at radius 3 is 2.53 bits per heavy atom. The summed E-state index contributed by atoms with van der Waals surface area (Å²) in [6.45, 7) is 3.01. The van der Waals surface area contributed by atoms with Crippen LogP contribution in [-0.4, -0.2) is 26.9 Å². The predicted molar refractivity (Wildman–Crippen MR) is 63.0 cm³/mol. The van der Waals surface area contributed by atoms with Crippen molar-refractivity contribution >= 4 is 11.5 Å². The molecule has 0 saturated carbocycles. The van der Waals surface area contributed by atoms with Crippen molar-refractivity contribution in [1.29, 1.82) is 0 Å². The third kappa shape index (κ3) is 3.83. The van der Waals surface area contributed by atoms with Crippen molar-refractivity contribution < 1.29 is 18.1 Å². The fraction of sp³-hybridized carbons (Fsp3) is 0.700. The van der Waals surface area contributed by atoms with E-state index in [9.17, 15) is 23.3 Å². The third-order valence-corrected chi connectivity index (χ3v) is 2.53. The van der Waals surface area contributed by atoms with Gasteiger partial charge in [0.15, 0.2) is 0 Å². The second kappa shape index (κ2) is 5.45. The Labute approximate surface area is 107 Å². The first-order valence-corrected chi connectivity index (χ1v) is 5.69. The Bertz CT molecular complexity index is 470. The first-order chi connectivity index (χ1) is 8.65. The standard InChI is InChI=1S/C10H15F3N4O2/c1-4-7-8(17(18)19)9(16(3)15-7)14-6(2)5-10(11,12)13/h6,14H,4-5H2,1-3H3. The van der Waals surface area contributed by atoms with E-state index in [4.69, 9.17) is 0 Å². The van der Waals surface area contributed by atoms with Gasteiger partial charge in [0.2, 0.25) is 5.82 Å². The van der Waals surface area contributed by atoms with Crippen molar-refractivity contribution in [1.82, 2.24) is 9.78 Å². The fourth-order valence-corrected chi connectivity index (χ4v) is 1.79. The number of rotatable bonds is 5. The number of anilines is 1. The SMILES string of the molecule is CCc1nn(C)c(NC(C)CC(F)(F)F)c1[N+](=O)[O-]. The van der Waals surface area contributed by atoms with Gasteiger partial charge in [-0.3, -0.25) is 10.1 Å². The van der Waals surface area contributed by atoms with Crippen molar-refractivity contribution in [3.8, 4) is 0 Å². The Balaban J connectivity index is 3.00. The van der Waals surface area contributed by atoms with E-state index < -0.39 is 23.6 Å². The lowest BCUT2D eigenvalue weighted by molar-refractivity contribution is -0.384. The molecule has 0 aliphatic carbocycles. The van der Waals surface area contributed by atoms with Crippen LogP contribution in [-0.2, 0) is 13.5 Å². The Kier molecular flexibility index (Phi) is 4.38. The Morgan fingerprint density at radius 1 is 1.53 bits per heavy atom. The quantitative estimate of drug-likeness (QED) is 0.664. The summed E-state index contributed by atoms with van der Waals surface area (Å²) in [5.41, 5.74) is -0.0202. The molecule has 1 rings (SSSR count). The first-order valence-electron chi connectivity index (χ1n) is 5.69. The van der Waals surface area contributed by atoms with Crippen LogP contribution in [0, 0.1) is 10.1 Å². The summed E-state index contributed by atoms with van der Waals surface area (Å²) in [5.74, 6) is -0.00130. The van der Waals surface area contributed by atoms with Crippen molar-refractivity contribution in [2.45, 2.75) is 38.9 Å². The van der Waals surface area contributed by atoms with Crippen LogP contribution in [0.2, 0.25) is 0 Å². The number of halogens is 3. The number of aryl methyl sites for hydroxylation is 2. The topological polar surface area (TPSA) is 73.0 Å². The number of nitrogens with zero attached hydrogens (tertiary/aromatic N) is 3. The lowest BCUT2D eigenvalue weighted by Crippen LogP contribution is -2.25. The monoisotopic (exact) mass is 280 g/mol. The van der Waals surface area contributed by atoms with E-state index in [1.165, 1.54) is 18.7 Å². The molecule has 19 heavy (non-hydrogen) atoms. The molecule has 0 aliphatic rings. The molecule has 0 bridgehead atoms. The maximum Gasteiger partial charge on any atom is 0.391 e. The fourth-order valence-electron chi connectivity index (χ4n) is 1.79. The number of nitrogens with one attached hydrogen (secondary N) is 1. The first kappa shape index (κ1) is 15.3. The summed E-state index contributed by atoms with van der Waals surface area (Å²) in [6, 6.07) is -0.973. The maximum absolute atomic E-state index is 12.2. The highest BCUT2D eigenvalue weighted by Gasteiger charge is 2.32. The number of hydrogen-bond donors (Lipinski definition) is 1. The molecule has 0 radical (unpaired) electrons. The molecule has 108 valence electrons. The van der Waals surface area contributed by atoms with Gasteiger partial charge in [-0.05, 0) is 13.3 Å². The zero-order valence-corrected chi connectivity index (χ0v) is 10.8. The molecule has 1 heterocycles. The number of aromatic nitrogens is 2. The minimum atomic E-state index is -4.33. The third-order valence-electron chi connectivity index (χ3n) is 2.53. The van der Waals surface area contributed by atoms with Gasteiger partial charge in [0, 0.05) is 13.1 Å². The lowest BCUT2D eigenvalue weighted by atomic mass is 10.2. The Morgan fingerprint density at radius 2 is 2.11 bits per heavy atom. The normalized spacial score (nSPS) is 13.4. The highest BCUT2D eigenvalue weighted by atomic mass is 19.4. The maximum atomic E-state index is 12.2. The lowest BCUT2D eigenvalue weighted by Gasteiger charge is -2.16. The zero-order valence-electron chi connectivity index (χ0n) is 10.8. The van der Waals surface area contributed by atoms with E-state index in [2.05, 4.69) is 10.4 Å². The van der Waals surface area contributed by atoms with Gasteiger partial charge in [-0.2, -0.15) is 18.3 Å². The van der Waals surface area contributed by atoms with Gasteiger partial charge in [-0.25, -0.2) is 4.68 Å². The molecular weight excluding hydrogens is 265 g/mol. The average molecular weight is 280 g/mol. The van der Waals surface area contributed by atoms with Gasteiger partial charge in [-0.1, -0.05) is 6.92 Å². The minimum absolute atomic E-state index is 0.00130.